The first-order valence-corrected chi connectivity index (χ1v) is 10.3. The average Bonchev–Trinajstić information content (AvgIpc) is 3.12. The van der Waals surface area contributed by atoms with Gasteiger partial charge in [-0.15, -0.1) is 0 Å². The number of benzene rings is 1. The van der Waals surface area contributed by atoms with Crippen molar-refractivity contribution in [3.8, 4) is 5.69 Å². The standard InChI is InChI=1S/C22H25ClN4O3/c1-14-11-27(21(28)30-22(2,3)4)18(12-29-14)15-5-7-16(8-6-15)26-10-9-17-19(23)24-13-25-20(17)26/h5-10,13-14,18H,11-12H2,1-4H3/t14-,18-/m1/s1. The molecule has 1 saturated heterocycles. The molecule has 0 bridgehead atoms. The summed E-state index contributed by atoms with van der Waals surface area (Å²) in [7, 11) is 0. The molecule has 8 heteroatoms. The fourth-order valence-electron chi connectivity index (χ4n) is 3.59. The van der Waals surface area contributed by atoms with Gasteiger partial charge >= 0.3 is 6.09 Å². The third-order valence-electron chi connectivity index (χ3n) is 4.99. The summed E-state index contributed by atoms with van der Waals surface area (Å²) in [5, 5.41) is 1.23. The van der Waals surface area contributed by atoms with Crippen molar-refractivity contribution in [2.24, 2.45) is 0 Å². The summed E-state index contributed by atoms with van der Waals surface area (Å²) in [5.41, 5.74) is 2.12. The lowest BCUT2D eigenvalue weighted by Crippen LogP contribution is -2.48. The molecule has 3 aromatic rings. The predicted octanol–water partition coefficient (Wildman–Crippen LogP) is 4.77. The zero-order chi connectivity index (χ0) is 21.5. The van der Waals surface area contributed by atoms with Crippen LogP contribution in [0.2, 0.25) is 5.15 Å². The van der Waals surface area contributed by atoms with Crippen molar-refractivity contribution in [2.45, 2.75) is 45.4 Å². The Morgan fingerprint density at radius 2 is 1.93 bits per heavy atom. The van der Waals surface area contributed by atoms with Gasteiger partial charge in [0.25, 0.3) is 0 Å². The zero-order valence-corrected chi connectivity index (χ0v) is 18.3. The molecule has 1 fully saturated rings. The molecule has 30 heavy (non-hydrogen) atoms. The smallest absolute Gasteiger partial charge is 0.410 e. The van der Waals surface area contributed by atoms with Crippen LogP contribution < -0.4 is 0 Å². The summed E-state index contributed by atoms with van der Waals surface area (Å²) in [6.07, 6.45) is 3.01. The minimum Gasteiger partial charge on any atom is -0.444 e. The highest BCUT2D eigenvalue weighted by molar-refractivity contribution is 6.33. The Labute approximate surface area is 180 Å². The van der Waals surface area contributed by atoms with E-state index in [0.29, 0.717) is 18.3 Å². The van der Waals surface area contributed by atoms with Gasteiger partial charge in [0, 0.05) is 11.9 Å². The average molecular weight is 429 g/mol. The molecule has 1 amide bonds. The quantitative estimate of drug-likeness (QED) is 0.550. The summed E-state index contributed by atoms with van der Waals surface area (Å²) in [5.74, 6) is 0. The molecule has 1 aliphatic rings. The molecule has 0 radical (unpaired) electrons. The first kappa shape index (κ1) is 20.6. The Kier molecular flexibility index (Phi) is 5.42. The monoisotopic (exact) mass is 428 g/mol. The van der Waals surface area contributed by atoms with E-state index >= 15 is 0 Å². The number of hydrogen-bond donors (Lipinski definition) is 0. The maximum Gasteiger partial charge on any atom is 0.410 e. The lowest BCUT2D eigenvalue weighted by Gasteiger charge is -2.39. The van der Waals surface area contributed by atoms with E-state index in [4.69, 9.17) is 21.1 Å². The summed E-state index contributed by atoms with van der Waals surface area (Å²) in [6.45, 7) is 8.48. The van der Waals surface area contributed by atoms with E-state index in [-0.39, 0.29) is 18.2 Å². The number of nitrogens with zero attached hydrogens (tertiary/aromatic N) is 4. The van der Waals surface area contributed by atoms with Gasteiger partial charge < -0.3 is 14.0 Å². The van der Waals surface area contributed by atoms with Crippen LogP contribution in [0.5, 0.6) is 0 Å². The number of ether oxygens (including phenoxy) is 2. The van der Waals surface area contributed by atoms with Crippen molar-refractivity contribution in [1.82, 2.24) is 19.4 Å². The largest absolute Gasteiger partial charge is 0.444 e. The second kappa shape index (κ2) is 7.89. The van der Waals surface area contributed by atoms with Gasteiger partial charge in [0.15, 0.2) is 0 Å². The molecular formula is C22H25ClN4O3. The lowest BCUT2D eigenvalue weighted by atomic mass is 10.0. The summed E-state index contributed by atoms with van der Waals surface area (Å²) in [4.78, 5) is 22.9. The molecule has 158 valence electrons. The first-order valence-electron chi connectivity index (χ1n) is 9.92. The number of amides is 1. The Bertz CT molecular complexity index is 1060. The second-order valence-corrected chi connectivity index (χ2v) is 8.83. The van der Waals surface area contributed by atoms with Crippen LogP contribution in [0.15, 0.2) is 42.9 Å². The Balaban J connectivity index is 1.61. The molecule has 0 unspecified atom stereocenters. The van der Waals surface area contributed by atoms with Crippen LogP contribution >= 0.6 is 11.6 Å². The molecule has 1 aliphatic heterocycles. The van der Waals surface area contributed by atoms with Crippen LogP contribution in [0.25, 0.3) is 16.7 Å². The number of aromatic nitrogens is 3. The van der Waals surface area contributed by atoms with Gasteiger partial charge in [-0.25, -0.2) is 14.8 Å². The highest BCUT2D eigenvalue weighted by Gasteiger charge is 2.34. The number of halogens is 1. The van der Waals surface area contributed by atoms with Gasteiger partial charge in [-0.3, -0.25) is 4.90 Å². The van der Waals surface area contributed by atoms with Gasteiger partial charge in [0.1, 0.15) is 22.7 Å². The van der Waals surface area contributed by atoms with Gasteiger partial charge in [-0.1, -0.05) is 23.7 Å². The summed E-state index contributed by atoms with van der Waals surface area (Å²) < 4.78 is 13.4. The highest BCUT2D eigenvalue weighted by atomic mass is 35.5. The molecule has 7 nitrogen and oxygen atoms in total. The van der Waals surface area contributed by atoms with E-state index in [1.54, 1.807) is 4.90 Å². The van der Waals surface area contributed by atoms with Crippen molar-refractivity contribution >= 4 is 28.7 Å². The summed E-state index contributed by atoms with van der Waals surface area (Å²) >= 11 is 6.16. The predicted molar refractivity (Wildman–Crippen MR) is 115 cm³/mol. The van der Waals surface area contributed by atoms with E-state index in [0.717, 1.165) is 22.3 Å². The third-order valence-corrected chi connectivity index (χ3v) is 5.29. The minimum absolute atomic E-state index is 0.0382. The Hall–Kier alpha value is -2.64. The Morgan fingerprint density at radius 1 is 1.20 bits per heavy atom. The van der Waals surface area contributed by atoms with Crippen LogP contribution in [-0.4, -0.2) is 50.4 Å². The topological polar surface area (TPSA) is 69.5 Å². The normalized spacial score (nSPS) is 19.8. The van der Waals surface area contributed by atoms with Crippen LogP contribution in [0, 0.1) is 0 Å². The van der Waals surface area contributed by atoms with Crippen LogP contribution in [0.1, 0.15) is 39.3 Å². The Morgan fingerprint density at radius 3 is 2.63 bits per heavy atom. The molecule has 2 atom stereocenters. The first-order chi connectivity index (χ1) is 14.2. The molecule has 0 aliphatic carbocycles. The molecule has 0 saturated carbocycles. The van der Waals surface area contributed by atoms with E-state index < -0.39 is 5.60 Å². The number of morpholine rings is 1. The third kappa shape index (κ3) is 4.13. The second-order valence-electron chi connectivity index (χ2n) is 8.47. The SMILES string of the molecule is C[C@@H]1CN(C(=O)OC(C)(C)C)[C@@H](c2ccc(-n3ccc4c(Cl)ncnc43)cc2)CO1. The number of rotatable bonds is 2. The molecule has 3 heterocycles. The van der Waals surface area contributed by atoms with E-state index in [1.165, 1.54) is 6.33 Å². The lowest BCUT2D eigenvalue weighted by molar-refractivity contribution is -0.0644. The maximum absolute atomic E-state index is 12.8. The molecule has 4 rings (SSSR count). The number of carbonyl (C=O) groups excluding carboxylic acids is 1. The van der Waals surface area contributed by atoms with E-state index in [9.17, 15) is 4.79 Å². The van der Waals surface area contributed by atoms with Crippen molar-refractivity contribution in [1.29, 1.82) is 0 Å². The van der Waals surface area contributed by atoms with Crippen LogP contribution in [0.3, 0.4) is 0 Å². The van der Waals surface area contributed by atoms with Crippen LogP contribution in [0.4, 0.5) is 4.79 Å². The molecule has 0 spiro atoms. The van der Waals surface area contributed by atoms with Gasteiger partial charge in [0.2, 0.25) is 0 Å². The fourth-order valence-corrected chi connectivity index (χ4v) is 3.78. The van der Waals surface area contributed by atoms with Gasteiger partial charge in [-0.05, 0) is 51.5 Å². The molecule has 0 N–H and O–H groups in total. The van der Waals surface area contributed by atoms with Crippen molar-refractivity contribution in [3.05, 3.63) is 53.6 Å². The number of fused-ring (bicyclic) bond motifs is 1. The highest BCUT2D eigenvalue weighted by Crippen LogP contribution is 2.30. The summed E-state index contributed by atoms with van der Waals surface area (Å²) in [6, 6.07) is 9.69. The van der Waals surface area contributed by atoms with Gasteiger partial charge in [0.05, 0.1) is 30.7 Å². The van der Waals surface area contributed by atoms with Gasteiger partial charge in [-0.2, -0.15) is 0 Å². The maximum atomic E-state index is 12.8. The van der Waals surface area contributed by atoms with E-state index in [1.807, 2.05) is 68.8 Å². The number of carbonyl (C=O) groups is 1. The minimum atomic E-state index is -0.550. The van der Waals surface area contributed by atoms with E-state index in [2.05, 4.69) is 9.97 Å². The van der Waals surface area contributed by atoms with Crippen molar-refractivity contribution in [2.75, 3.05) is 13.2 Å². The van der Waals surface area contributed by atoms with Crippen LogP contribution in [-0.2, 0) is 9.47 Å². The molecular weight excluding hydrogens is 404 g/mol. The fraction of sp³-hybridized carbons (Fsp3) is 0.409. The zero-order valence-electron chi connectivity index (χ0n) is 17.5. The molecule has 1 aromatic carbocycles. The van der Waals surface area contributed by atoms with Crippen molar-refractivity contribution < 1.29 is 14.3 Å². The molecule has 2 aromatic heterocycles. The van der Waals surface area contributed by atoms with Crippen molar-refractivity contribution in [3.63, 3.8) is 0 Å². The number of hydrogen-bond acceptors (Lipinski definition) is 5.